The number of carbonyl (C=O) groups excluding carboxylic acids is 1. The first-order valence-electron chi connectivity index (χ1n) is 7.02. The van der Waals surface area contributed by atoms with Crippen molar-refractivity contribution in [1.82, 2.24) is 10.6 Å². The van der Waals surface area contributed by atoms with Crippen LogP contribution in [0.3, 0.4) is 0 Å². The standard InChI is InChI=1S/C15H22N2O3/c1-3-20-14-8-11(4-6-13(14)19-2)9-16-12-5-7-15(18)17-10-12/h4,6,8,12,16H,3,5,7,9-10H2,1-2H3,(H,17,18). The Morgan fingerprint density at radius 3 is 2.90 bits per heavy atom. The second-order valence-corrected chi connectivity index (χ2v) is 4.84. The van der Waals surface area contributed by atoms with Gasteiger partial charge in [-0.2, -0.15) is 0 Å². The molecular weight excluding hydrogens is 256 g/mol. The Bertz CT molecular complexity index is 452. The summed E-state index contributed by atoms with van der Waals surface area (Å²) in [6.07, 6.45) is 1.49. The van der Waals surface area contributed by atoms with Gasteiger partial charge in [0.15, 0.2) is 11.5 Å². The van der Waals surface area contributed by atoms with Crippen LogP contribution in [-0.2, 0) is 11.3 Å². The SMILES string of the molecule is CCOc1cc(CNC2CCC(=O)NC2)ccc1OC. The third-order valence-electron chi connectivity index (χ3n) is 3.39. The third-order valence-corrected chi connectivity index (χ3v) is 3.39. The van der Waals surface area contributed by atoms with E-state index in [1.54, 1.807) is 7.11 Å². The Morgan fingerprint density at radius 2 is 2.25 bits per heavy atom. The molecule has 0 aliphatic carbocycles. The van der Waals surface area contributed by atoms with Crippen LogP contribution in [0.15, 0.2) is 18.2 Å². The highest BCUT2D eigenvalue weighted by molar-refractivity contribution is 5.76. The van der Waals surface area contributed by atoms with E-state index in [2.05, 4.69) is 10.6 Å². The maximum Gasteiger partial charge on any atom is 0.220 e. The summed E-state index contributed by atoms with van der Waals surface area (Å²) in [6.45, 7) is 4.02. The lowest BCUT2D eigenvalue weighted by molar-refractivity contribution is -0.122. The second kappa shape index (κ2) is 7.14. The van der Waals surface area contributed by atoms with Gasteiger partial charge in [-0.3, -0.25) is 4.79 Å². The van der Waals surface area contributed by atoms with Crippen LogP contribution in [-0.4, -0.2) is 32.2 Å². The van der Waals surface area contributed by atoms with Crippen molar-refractivity contribution in [2.75, 3.05) is 20.3 Å². The van der Waals surface area contributed by atoms with Crippen LogP contribution in [0.4, 0.5) is 0 Å². The van der Waals surface area contributed by atoms with Crippen molar-refractivity contribution in [1.29, 1.82) is 0 Å². The smallest absolute Gasteiger partial charge is 0.220 e. The van der Waals surface area contributed by atoms with Crippen LogP contribution < -0.4 is 20.1 Å². The molecule has 1 aliphatic rings. The van der Waals surface area contributed by atoms with E-state index in [1.165, 1.54) is 0 Å². The maximum atomic E-state index is 11.1. The summed E-state index contributed by atoms with van der Waals surface area (Å²) in [6, 6.07) is 6.28. The van der Waals surface area contributed by atoms with Gasteiger partial charge in [0.05, 0.1) is 13.7 Å². The van der Waals surface area contributed by atoms with Gasteiger partial charge in [0.1, 0.15) is 0 Å². The Kier molecular flexibility index (Phi) is 5.24. The molecule has 1 heterocycles. The minimum Gasteiger partial charge on any atom is -0.493 e. The molecule has 2 rings (SSSR count). The fraction of sp³-hybridized carbons (Fsp3) is 0.533. The fourth-order valence-corrected chi connectivity index (χ4v) is 2.27. The molecule has 2 N–H and O–H groups in total. The molecule has 1 atom stereocenters. The van der Waals surface area contributed by atoms with Crippen molar-refractivity contribution in [3.8, 4) is 11.5 Å². The molecular formula is C15H22N2O3. The van der Waals surface area contributed by atoms with Crippen LogP contribution in [0.25, 0.3) is 0 Å². The van der Waals surface area contributed by atoms with Gasteiger partial charge in [-0.05, 0) is 31.0 Å². The summed E-state index contributed by atoms with van der Waals surface area (Å²) in [5.74, 6) is 1.66. The van der Waals surface area contributed by atoms with Gasteiger partial charge in [0, 0.05) is 25.6 Å². The van der Waals surface area contributed by atoms with Crippen LogP contribution >= 0.6 is 0 Å². The molecule has 1 saturated heterocycles. The minimum absolute atomic E-state index is 0.145. The van der Waals surface area contributed by atoms with Crippen molar-refractivity contribution in [2.24, 2.45) is 0 Å². The van der Waals surface area contributed by atoms with Crippen LogP contribution in [0.5, 0.6) is 11.5 Å². The summed E-state index contributed by atoms with van der Waals surface area (Å²) in [7, 11) is 1.64. The highest BCUT2D eigenvalue weighted by Gasteiger charge is 2.17. The molecule has 20 heavy (non-hydrogen) atoms. The monoisotopic (exact) mass is 278 g/mol. The summed E-state index contributed by atoms with van der Waals surface area (Å²) in [4.78, 5) is 11.1. The average molecular weight is 278 g/mol. The Balaban J connectivity index is 1.92. The van der Waals surface area contributed by atoms with Crippen molar-refractivity contribution in [3.63, 3.8) is 0 Å². The maximum absolute atomic E-state index is 11.1. The lowest BCUT2D eigenvalue weighted by Crippen LogP contribution is -2.45. The molecule has 110 valence electrons. The molecule has 0 spiro atoms. The van der Waals surface area contributed by atoms with Crippen molar-refractivity contribution < 1.29 is 14.3 Å². The van der Waals surface area contributed by atoms with Gasteiger partial charge in [-0.1, -0.05) is 6.07 Å². The zero-order valence-corrected chi connectivity index (χ0v) is 12.1. The molecule has 1 fully saturated rings. The predicted octanol–water partition coefficient (Wildman–Crippen LogP) is 1.46. The first-order valence-corrected chi connectivity index (χ1v) is 7.02. The highest BCUT2D eigenvalue weighted by atomic mass is 16.5. The number of benzene rings is 1. The van der Waals surface area contributed by atoms with Gasteiger partial charge in [-0.25, -0.2) is 0 Å². The van der Waals surface area contributed by atoms with Gasteiger partial charge in [0.25, 0.3) is 0 Å². The highest BCUT2D eigenvalue weighted by Crippen LogP contribution is 2.28. The normalized spacial score (nSPS) is 18.5. The number of ether oxygens (including phenoxy) is 2. The van der Waals surface area contributed by atoms with Crippen LogP contribution in [0, 0.1) is 0 Å². The van der Waals surface area contributed by atoms with E-state index in [0.29, 0.717) is 25.6 Å². The number of carbonyl (C=O) groups is 1. The van der Waals surface area contributed by atoms with Gasteiger partial charge < -0.3 is 20.1 Å². The molecule has 5 nitrogen and oxygen atoms in total. The van der Waals surface area contributed by atoms with E-state index in [0.717, 1.165) is 30.0 Å². The van der Waals surface area contributed by atoms with Gasteiger partial charge in [-0.15, -0.1) is 0 Å². The van der Waals surface area contributed by atoms with E-state index in [-0.39, 0.29) is 5.91 Å². The lowest BCUT2D eigenvalue weighted by Gasteiger charge is -2.23. The minimum atomic E-state index is 0.145. The third kappa shape index (κ3) is 3.87. The molecule has 5 heteroatoms. The van der Waals surface area contributed by atoms with Crippen molar-refractivity contribution >= 4 is 5.91 Å². The van der Waals surface area contributed by atoms with E-state index in [9.17, 15) is 4.79 Å². The van der Waals surface area contributed by atoms with Crippen molar-refractivity contribution in [2.45, 2.75) is 32.4 Å². The lowest BCUT2D eigenvalue weighted by atomic mass is 10.1. The molecule has 0 aromatic heterocycles. The van der Waals surface area contributed by atoms with E-state index in [4.69, 9.17) is 9.47 Å². The molecule has 0 saturated carbocycles. The molecule has 1 amide bonds. The van der Waals surface area contributed by atoms with Crippen molar-refractivity contribution in [3.05, 3.63) is 23.8 Å². The average Bonchev–Trinajstić information content (AvgIpc) is 2.47. The van der Waals surface area contributed by atoms with E-state index < -0.39 is 0 Å². The molecule has 1 aromatic carbocycles. The Morgan fingerprint density at radius 1 is 1.40 bits per heavy atom. The predicted molar refractivity (Wildman–Crippen MR) is 77.0 cm³/mol. The summed E-state index contributed by atoms with van der Waals surface area (Å²) in [5.41, 5.74) is 1.14. The summed E-state index contributed by atoms with van der Waals surface area (Å²) < 4.78 is 10.8. The van der Waals surface area contributed by atoms with E-state index >= 15 is 0 Å². The number of rotatable bonds is 6. The zero-order valence-electron chi connectivity index (χ0n) is 12.1. The van der Waals surface area contributed by atoms with Gasteiger partial charge in [0.2, 0.25) is 5.91 Å². The Labute approximate surface area is 119 Å². The van der Waals surface area contributed by atoms with Gasteiger partial charge >= 0.3 is 0 Å². The fourth-order valence-electron chi connectivity index (χ4n) is 2.27. The summed E-state index contributed by atoms with van der Waals surface area (Å²) >= 11 is 0. The summed E-state index contributed by atoms with van der Waals surface area (Å²) in [5, 5.41) is 6.33. The number of piperidine rings is 1. The van der Waals surface area contributed by atoms with Crippen LogP contribution in [0.2, 0.25) is 0 Å². The number of hydrogen-bond acceptors (Lipinski definition) is 4. The number of methoxy groups -OCH3 is 1. The molecule has 0 radical (unpaired) electrons. The largest absolute Gasteiger partial charge is 0.493 e. The topological polar surface area (TPSA) is 59.6 Å². The first-order chi connectivity index (χ1) is 9.72. The first kappa shape index (κ1) is 14.7. The number of amides is 1. The molecule has 0 bridgehead atoms. The van der Waals surface area contributed by atoms with Crippen LogP contribution in [0.1, 0.15) is 25.3 Å². The second-order valence-electron chi connectivity index (χ2n) is 4.84. The quantitative estimate of drug-likeness (QED) is 0.827. The Hall–Kier alpha value is -1.75. The molecule has 1 aromatic rings. The molecule has 1 unspecified atom stereocenters. The zero-order chi connectivity index (χ0) is 14.4. The molecule has 1 aliphatic heterocycles. The number of nitrogens with one attached hydrogen (secondary N) is 2. The van der Waals surface area contributed by atoms with E-state index in [1.807, 2.05) is 25.1 Å². The number of hydrogen-bond donors (Lipinski definition) is 2.